The Labute approximate surface area is 211 Å². The number of hydrogen-bond acceptors (Lipinski definition) is 7. The van der Waals surface area contributed by atoms with Gasteiger partial charge in [0.25, 0.3) is 0 Å². The second-order valence-electron chi connectivity index (χ2n) is 8.20. The lowest BCUT2D eigenvalue weighted by Crippen LogP contribution is -2.72. The normalized spacial score (nSPS) is 24.3. The molecule has 2 fully saturated rings. The summed E-state index contributed by atoms with van der Waals surface area (Å²) in [6.07, 6.45) is -1.09. The number of methoxy groups -OCH3 is 1. The summed E-state index contributed by atoms with van der Waals surface area (Å²) in [5, 5.41) is 9.34. The van der Waals surface area contributed by atoms with E-state index in [0.29, 0.717) is 16.5 Å². The highest BCUT2D eigenvalue weighted by Gasteiger charge is 2.51. The third-order valence-corrected chi connectivity index (χ3v) is 7.44. The molecule has 2 aromatic carbocycles. The number of thioether (sulfide) groups is 1. The first-order valence-electron chi connectivity index (χ1n) is 10.8. The van der Waals surface area contributed by atoms with Crippen LogP contribution in [0.25, 0.3) is 0 Å². The van der Waals surface area contributed by atoms with Gasteiger partial charge in [0.05, 0.1) is 42.2 Å². The van der Waals surface area contributed by atoms with Gasteiger partial charge in [-0.3, -0.25) is 25.1 Å². The number of urea groups is 1. The number of hydrogen-bond donors (Lipinski definition) is 3. The average Bonchev–Trinajstić information content (AvgIpc) is 2.85. The van der Waals surface area contributed by atoms with Crippen molar-refractivity contribution < 1.29 is 23.5 Å². The average molecular weight is 522 g/mol. The van der Waals surface area contributed by atoms with E-state index in [0.717, 1.165) is 10.5 Å². The van der Waals surface area contributed by atoms with Gasteiger partial charge in [0.2, 0.25) is 11.8 Å². The summed E-state index contributed by atoms with van der Waals surface area (Å²) in [5.74, 6) is -1.21. The molecule has 0 spiro atoms. The van der Waals surface area contributed by atoms with Gasteiger partial charge in [-0.25, -0.2) is 9.18 Å². The van der Waals surface area contributed by atoms with Gasteiger partial charge in [0.1, 0.15) is 11.6 Å². The van der Waals surface area contributed by atoms with Gasteiger partial charge in [-0.05, 0) is 35.9 Å². The van der Waals surface area contributed by atoms with Crippen molar-refractivity contribution in [2.45, 2.75) is 17.7 Å². The molecule has 4 amide bonds. The van der Waals surface area contributed by atoms with Crippen molar-refractivity contribution in [3.8, 4) is 5.75 Å². The molecule has 0 aliphatic carbocycles. The smallest absolute Gasteiger partial charge is 0.327 e. The minimum absolute atomic E-state index is 0.0152. The molecule has 2 heterocycles. The SMILES string of the molecule is COc1ccc(Cl)cc1NC(=O)CSC1NC(c2ccc(F)cc2)NC2C1C(=O)N(C)C(=O)N2C. The number of carbonyl (C=O) groups is 3. The number of ether oxygens (including phenoxy) is 1. The molecule has 0 radical (unpaired) electrons. The molecule has 4 atom stereocenters. The first-order valence-corrected chi connectivity index (χ1v) is 12.2. The fraction of sp³-hybridized carbons (Fsp3) is 0.348. The Kier molecular flexibility index (Phi) is 7.50. The van der Waals surface area contributed by atoms with Gasteiger partial charge < -0.3 is 15.0 Å². The second-order valence-corrected chi connectivity index (χ2v) is 9.77. The summed E-state index contributed by atoms with van der Waals surface area (Å²) in [7, 11) is 4.54. The zero-order valence-electron chi connectivity index (χ0n) is 19.2. The first kappa shape index (κ1) is 25.2. The lowest BCUT2D eigenvalue weighted by molar-refractivity contribution is -0.140. The predicted molar refractivity (Wildman–Crippen MR) is 131 cm³/mol. The van der Waals surface area contributed by atoms with Crippen LogP contribution in [0.1, 0.15) is 11.7 Å². The largest absolute Gasteiger partial charge is 0.495 e. The molecule has 2 aliphatic rings. The minimum atomic E-state index is -0.655. The lowest BCUT2D eigenvalue weighted by Gasteiger charge is -2.50. The molecule has 2 aliphatic heterocycles. The Bertz CT molecular complexity index is 1140. The van der Waals surface area contributed by atoms with Crippen molar-refractivity contribution >= 4 is 46.9 Å². The zero-order chi connectivity index (χ0) is 25.3. The molecular weight excluding hydrogens is 497 g/mol. The quantitative estimate of drug-likeness (QED) is 0.537. The van der Waals surface area contributed by atoms with Crippen LogP contribution in [0.4, 0.5) is 14.9 Å². The highest BCUT2D eigenvalue weighted by Crippen LogP contribution is 2.35. The van der Waals surface area contributed by atoms with Gasteiger partial charge in [-0.15, -0.1) is 11.8 Å². The second kappa shape index (κ2) is 10.4. The number of nitrogens with one attached hydrogen (secondary N) is 3. The number of imide groups is 1. The van der Waals surface area contributed by atoms with E-state index in [1.807, 2.05) is 0 Å². The number of anilines is 1. The highest BCUT2D eigenvalue weighted by atomic mass is 35.5. The molecular formula is C23H25ClFN5O4S. The molecule has 0 bridgehead atoms. The summed E-state index contributed by atoms with van der Waals surface area (Å²) < 4.78 is 18.7. The molecule has 35 heavy (non-hydrogen) atoms. The van der Waals surface area contributed by atoms with Gasteiger partial charge in [0.15, 0.2) is 0 Å². The van der Waals surface area contributed by atoms with Crippen molar-refractivity contribution in [1.82, 2.24) is 20.4 Å². The maximum Gasteiger partial charge on any atom is 0.327 e. The number of rotatable bonds is 6. The lowest BCUT2D eigenvalue weighted by atomic mass is 9.96. The van der Waals surface area contributed by atoms with Crippen molar-refractivity contribution in [2.75, 3.05) is 32.3 Å². The number of benzene rings is 2. The monoisotopic (exact) mass is 521 g/mol. The van der Waals surface area contributed by atoms with Gasteiger partial charge in [-0.2, -0.15) is 0 Å². The van der Waals surface area contributed by atoms with Crippen LogP contribution in [0.15, 0.2) is 42.5 Å². The Balaban J connectivity index is 1.54. The molecule has 3 N–H and O–H groups in total. The van der Waals surface area contributed by atoms with E-state index >= 15 is 0 Å². The maximum atomic E-state index is 13.5. The van der Waals surface area contributed by atoms with Crippen molar-refractivity contribution in [2.24, 2.45) is 5.92 Å². The van der Waals surface area contributed by atoms with Crippen LogP contribution < -0.4 is 20.7 Å². The van der Waals surface area contributed by atoms with Crippen LogP contribution in [-0.4, -0.2) is 66.1 Å². The number of halogens is 2. The molecule has 4 rings (SSSR count). The van der Waals surface area contributed by atoms with Crippen LogP contribution in [-0.2, 0) is 9.59 Å². The van der Waals surface area contributed by atoms with Crippen LogP contribution in [0.5, 0.6) is 5.75 Å². The molecule has 12 heteroatoms. The topological polar surface area (TPSA) is 103 Å². The number of fused-ring (bicyclic) bond motifs is 1. The van der Waals surface area contributed by atoms with E-state index in [1.54, 1.807) is 37.4 Å². The van der Waals surface area contributed by atoms with Gasteiger partial charge in [-0.1, -0.05) is 23.7 Å². The summed E-state index contributed by atoms with van der Waals surface area (Å²) >= 11 is 7.29. The Morgan fingerprint density at radius 3 is 2.57 bits per heavy atom. The summed E-state index contributed by atoms with van der Waals surface area (Å²) in [6.45, 7) is 0. The number of amides is 4. The third-order valence-electron chi connectivity index (χ3n) is 5.99. The first-order chi connectivity index (χ1) is 16.7. The molecule has 9 nitrogen and oxygen atoms in total. The van der Waals surface area contributed by atoms with Crippen LogP contribution in [0.3, 0.4) is 0 Å². The molecule has 0 saturated carbocycles. The van der Waals surface area contributed by atoms with E-state index in [1.165, 1.54) is 43.0 Å². The van der Waals surface area contributed by atoms with Crippen molar-refractivity contribution in [3.63, 3.8) is 0 Å². The molecule has 2 saturated heterocycles. The number of nitrogens with zero attached hydrogens (tertiary/aromatic N) is 2. The maximum absolute atomic E-state index is 13.5. The zero-order valence-corrected chi connectivity index (χ0v) is 20.8. The molecule has 2 aromatic rings. The fourth-order valence-electron chi connectivity index (χ4n) is 4.18. The van der Waals surface area contributed by atoms with E-state index in [9.17, 15) is 18.8 Å². The van der Waals surface area contributed by atoms with Crippen molar-refractivity contribution in [3.05, 3.63) is 58.9 Å². The van der Waals surface area contributed by atoms with E-state index in [4.69, 9.17) is 16.3 Å². The van der Waals surface area contributed by atoms with Crippen LogP contribution in [0, 0.1) is 11.7 Å². The van der Waals surface area contributed by atoms with E-state index in [-0.39, 0.29) is 23.4 Å². The summed E-state index contributed by atoms with van der Waals surface area (Å²) in [6, 6.07) is 10.4. The minimum Gasteiger partial charge on any atom is -0.495 e. The fourth-order valence-corrected chi connectivity index (χ4v) is 5.46. The Hall–Kier alpha value is -2.86. The molecule has 186 valence electrons. The predicted octanol–water partition coefficient (Wildman–Crippen LogP) is 2.84. The Morgan fingerprint density at radius 1 is 1.17 bits per heavy atom. The van der Waals surface area contributed by atoms with Gasteiger partial charge in [0, 0.05) is 19.1 Å². The van der Waals surface area contributed by atoms with Crippen molar-refractivity contribution in [1.29, 1.82) is 0 Å². The standard InChI is InChI=1S/C23H25ClFN5O4S/c1-29-20-18(22(32)30(2)23(29)33)21(28-19(27-20)12-4-7-14(25)8-5-12)35-11-17(31)26-15-10-13(24)6-9-16(15)34-3/h4-10,18-21,27-28H,11H2,1-3H3,(H,26,31). The molecule has 4 unspecified atom stereocenters. The van der Waals surface area contributed by atoms with E-state index < -0.39 is 29.7 Å². The highest BCUT2D eigenvalue weighted by molar-refractivity contribution is 8.00. The van der Waals surface area contributed by atoms with Gasteiger partial charge >= 0.3 is 6.03 Å². The number of carbonyl (C=O) groups excluding carboxylic acids is 3. The Morgan fingerprint density at radius 2 is 1.89 bits per heavy atom. The van der Waals surface area contributed by atoms with E-state index in [2.05, 4.69) is 16.0 Å². The van der Waals surface area contributed by atoms with Crippen LogP contribution >= 0.6 is 23.4 Å². The summed E-state index contributed by atoms with van der Waals surface area (Å²) in [4.78, 5) is 41.0. The van der Waals surface area contributed by atoms with Crippen LogP contribution in [0.2, 0.25) is 5.02 Å². The molecule has 0 aromatic heterocycles. The summed E-state index contributed by atoms with van der Waals surface area (Å²) in [5.41, 5.74) is 1.17. The third kappa shape index (κ3) is 5.22.